The van der Waals surface area contributed by atoms with E-state index in [1.807, 2.05) is 13.0 Å². The summed E-state index contributed by atoms with van der Waals surface area (Å²) in [5.41, 5.74) is -0.833. The second-order valence-electron chi connectivity index (χ2n) is 9.33. The molecule has 0 radical (unpaired) electrons. The van der Waals surface area contributed by atoms with Crippen molar-refractivity contribution < 1.29 is 40.6 Å². The molecule has 0 aliphatic carbocycles. The van der Waals surface area contributed by atoms with Gasteiger partial charge in [-0.2, -0.15) is 26.3 Å². The molecule has 0 aliphatic rings. The van der Waals surface area contributed by atoms with Crippen molar-refractivity contribution in [3.63, 3.8) is 0 Å². The molecule has 0 aliphatic heterocycles. The number of nitrogens with zero attached hydrogens (tertiary/aromatic N) is 1. The van der Waals surface area contributed by atoms with Crippen LogP contribution in [0.5, 0.6) is 5.75 Å². The van der Waals surface area contributed by atoms with Crippen LogP contribution in [-0.4, -0.2) is 11.7 Å². The number of anilines is 1. The Morgan fingerprint density at radius 3 is 1.98 bits per heavy atom. The summed E-state index contributed by atoms with van der Waals surface area (Å²) in [5, 5.41) is 11.1. The summed E-state index contributed by atoms with van der Waals surface area (Å²) in [6, 6.07) is 21.3. The maximum absolute atomic E-state index is 15.4. The standard InChI is InChI=1S/C31H26F7NO2/c1-2-20-7-6-10-25(17-20)41-29(26-16-15-23(18-27(26)32)31(36,37)38)39(24-8-4-3-5-9-24)19-28(40)21-11-13-22(14-12-21)30(33,34)35/h3-18,28-29,40H,2,19H2,1H3. The lowest BCUT2D eigenvalue weighted by Crippen LogP contribution is -2.36. The summed E-state index contributed by atoms with van der Waals surface area (Å²) in [6.07, 6.45) is -11.4. The molecule has 0 spiro atoms. The van der Waals surface area contributed by atoms with E-state index in [2.05, 4.69) is 0 Å². The minimum absolute atomic E-state index is 0.151. The van der Waals surface area contributed by atoms with Crippen LogP contribution in [0.3, 0.4) is 0 Å². The van der Waals surface area contributed by atoms with Gasteiger partial charge in [-0.15, -0.1) is 0 Å². The van der Waals surface area contributed by atoms with Gasteiger partial charge in [0.1, 0.15) is 11.6 Å². The van der Waals surface area contributed by atoms with E-state index >= 15 is 4.39 Å². The summed E-state index contributed by atoms with van der Waals surface area (Å²) >= 11 is 0. The van der Waals surface area contributed by atoms with Gasteiger partial charge in [-0.3, -0.25) is 0 Å². The van der Waals surface area contributed by atoms with E-state index in [4.69, 9.17) is 4.74 Å². The largest absolute Gasteiger partial charge is 0.466 e. The molecule has 4 aromatic carbocycles. The fourth-order valence-electron chi connectivity index (χ4n) is 4.31. The maximum Gasteiger partial charge on any atom is 0.416 e. The number of alkyl halides is 6. The Morgan fingerprint density at radius 1 is 0.756 bits per heavy atom. The second kappa shape index (κ2) is 12.2. The summed E-state index contributed by atoms with van der Waals surface area (Å²) in [6.45, 7) is 1.62. The quantitative estimate of drug-likeness (QED) is 0.160. The fraction of sp³-hybridized carbons (Fsp3) is 0.226. The van der Waals surface area contributed by atoms with Crippen LogP contribution in [-0.2, 0) is 18.8 Å². The maximum atomic E-state index is 15.4. The predicted octanol–water partition coefficient (Wildman–Crippen LogP) is 8.74. The van der Waals surface area contributed by atoms with E-state index in [1.165, 1.54) is 4.90 Å². The van der Waals surface area contributed by atoms with Gasteiger partial charge in [0, 0.05) is 11.3 Å². The van der Waals surface area contributed by atoms with Gasteiger partial charge in [-0.1, -0.05) is 49.4 Å². The van der Waals surface area contributed by atoms with Gasteiger partial charge in [-0.25, -0.2) is 4.39 Å². The number of rotatable bonds is 9. The van der Waals surface area contributed by atoms with Crippen LogP contribution in [0.15, 0.2) is 97.1 Å². The molecule has 3 nitrogen and oxygen atoms in total. The SMILES string of the molecule is CCc1cccc(OC(c2ccc(C(F)(F)F)cc2F)N(CC(O)c2ccc(C(F)(F)F)cc2)c2ccccc2)c1. The van der Waals surface area contributed by atoms with Crippen molar-refractivity contribution >= 4 is 5.69 Å². The van der Waals surface area contributed by atoms with Gasteiger partial charge in [0.15, 0.2) is 0 Å². The van der Waals surface area contributed by atoms with Crippen LogP contribution in [0.2, 0.25) is 0 Å². The molecule has 2 atom stereocenters. The van der Waals surface area contributed by atoms with Crippen molar-refractivity contribution in [3.8, 4) is 5.75 Å². The first-order valence-corrected chi connectivity index (χ1v) is 12.7. The van der Waals surface area contributed by atoms with E-state index in [9.17, 15) is 31.4 Å². The Hall–Kier alpha value is -4.05. The van der Waals surface area contributed by atoms with Crippen LogP contribution >= 0.6 is 0 Å². The number of benzene rings is 4. The van der Waals surface area contributed by atoms with Gasteiger partial charge >= 0.3 is 12.4 Å². The van der Waals surface area contributed by atoms with Crippen molar-refractivity contribution in [1.29, 1.82) is 0 Å². The molecule has 4 rings (SSSR count). The highest BCUT2D eigenvalue weighted by Crippen LogP contribution is 2.37. The molecular formula is C31H26F7NO2. The van der Waals surface area contributed by atoms with Gasteiger partial charge in [-0.05, 0) is 72.1 Å². The van der Waals surface area contributed by atoms with Gasteiger partial charge in [0.25, 0.3) is 0 Å². The highest BCUT2D eigenvalue weighted by Gasteiger charge is 2.34. The third kappa shape index (κ3) is 7.38. The highest BCUT2D eigenvalue weighted by atomic mass is 19.4. The van der Waals surface area contributed by atoms with Crippen LogP contribution in [0.4, 0.5) is 36.4 Å². The molecule has 216 valence electrons. The first kappa shape index (κ1) is 29.9. The number of aryl methyl sites for hydroxylation is 1. The lowest BCUT2D eigenvalue weighted by molar-refractivity contribution is -0.138. The molecule has 0 saturated carbocycles. The Kier molecular flexibility index (Phi) is 8.92. The molecule has 0 amide bonds. The van der Waals surface area contributed by atoms with Crippen LogP contribution in [0.25, 0.3) is 0 Å². The van der Waals surface area contributed by atoms with Gasteiger partial charge < -0.3 is 14.7 Å². The molecule has 0 bridgehead atoms. The summed E-state index contributed by atoms with van der Waals surface area (Å²) < 4.78 is 101. The lowest BCUT2D eigenvalue weighted by Gasteiger charge is -2.36. The molecule has 0 heterocycles. The Labute approximate surface area is 232 Å². The molecule has 10 heteroatoms. The predicted molar refractivity (Wildman–Crippen MR) is 141 cm³/mol. The lowest BCUT2D eigenvalue weighted by atomic mass is 10.0. The van der Waals surface area contributed by atoms with Crippen molar-refractivity contribution in [1.82, 2.24) is 0 Å². The summed E-state index contributed by atoms with van der Waals surface area (Å²) in [7, 11) is 0. The average Bonchev–Trinajstić information content (AvgIpc) is 2.94. The number of hydrogen-bond donors (Lipinski definition) is 1. The number of halogens is 7. The van der Waals surface area contributed by atoms with Crippen LogP contribution < -0.4 is 9.64 Å². The summed E-state index contributed by atoms with van der Waals surface area (Å²) in [5.74, 6) is -0.875. The Balaban J connectivity index is 1.79. The zero-order valence-corrected chi connectivity index (χ0v) is 21.8. The second-order valence-corrected chi connectivity index (χ2v) is 9.33. The number of hydrogen-bond acceptors (Lipinski definition) is 3. The molecular weight excluding hydrogens is 551 g/mol. The van der Waals surface area contributed by atoms with E-state index in [-0.39, 0.29) is 17.7 Å². The van der Waals surface area contributed by atoms with Gasteiger partial charge in [0.05, 0.1) is 23.8 Å². The minimum Gasteiger partial charge on any atom is -0.466 e. The van der Waals surface area contributed by atoms with E-state index in [0.29, 0.717) is 23.9 Å². The molecule has 0 fully saturated rings. The zero-order chi connectivity index (χ0) is 29.8. The van der Waals surface area contributed by atoms with E-state index in [1.54, 1.807) is 48.5 Å². The molecule has 4 aromatic rings. The van der Waals surface area contributed by atoms with Crippen molar-refractivity contribution in [2.75, 3.05) is 11.4 Å². The van der Waals surface area contributed by atoms with Crippen molar-refractivity contribution in [3.05, 3.63) is 131 Å². The third-order valence-electron chi connectivity index (χ3n) is 6.51. The highest BCUT2D eigenvalue weighted by molar-refractivity contribution is 5.50. The first-order chi connectivity index (χ1) is 19.4. The van der Waals surface area contributed by atoms with Crippen LogP contribution in [0, 0.1) is 5.82 Å². The van der Waals surface area contributed by atoms with E-state index < -0.39 is 41.6 Å². The number of para-hydroxylation sites is 1. The molecule has 1 N–H and O–H groups in total. The van der Waals surface area contributed by atoms with Crippen molar-refractivity contribution in [2.45, 2.75) is 38.0 Å². The van der Waals surface area contributed by atoms with Gasteiger partial charge in [0.2, 0.25) is 6.23 Å². The average molecular weight is 578 g/mol. The number of ether oxygens (including phenoxy) is 1. The monoisotopic (exact) mass is 577 g/mol. The number of aliphatic hydroxyl groups excluding tert-OH is 1. The third-order valence-corrected chi connectivity index (χ3v) is 6.51. The number of aliphatic hydroxyl groups is 1. The molecule has 0 aromatic heterocycles. The topological polar surface area (TPSA) is 32.7 Å². The molecule has 0 saturated heterocycles. The fourth-order valence-corrected chi connectivity index (χ4v) is 4.31. The zero-order valence-electron chi connectivity index (χ0n) is 21.8. The first-order valence-electron chi connectivity index (χ1n) is 12.7. The summed E-state index contributed by atoms with van der Waals surface area (Å²) in [4.78, 5) is 1.45. The molecule has 2 unspecified atom stereocenters. The smallest absolute Gasteiger partial charge is 0.416 e. The van der Waals surface area contributed by atoms with E-state index in [0.717, 1.165) is 42.0 Å². The van der Waals surface area contributed by atoms with Crippen molar-refractivity contribution in [2.24, 2.45) is 0 Å². The normalized spacial score (nSPS) is 13.5. The minimum atomic E-state index is -4.77. The van der Waals surface area contributed by atoms with Crippen LogP contribution in [0.1, 0.15) is 47.1 Å². The molecule has 41 heavy (non-hydrogen) atoms. The Bertz CT molecular complexity index is 1440. The Morgan fingerprint density at radius 2 is 1.39 bits per heavy atom.